The second-order valence-electron chi connectivity index (χ2n) is 8.48. The molecule has 174 valence electrons. The molecule has 0 unspecified atom stereocenters. The molecule has 0 radical (unpaired) electrons. The fourth-order valence-corrected chi connectivity index (χ4v) is 6.32. The number of piperidine rings is 2. The number of anilines is 2. The van der Waals surface area contributed by atoms with Crippen LogP contribution in [0, 0.1) is 17.2 Å². The first kappa shape index (κ1) is 23.6. The SMILES string of the molecule is N#Cc1ccccc1S(=O)(=O)N1CCC(C(=O)Nc2cc(Cl)ccc2N2CCCCC2)CC1. The average molecular weight is 487 g/mol. The lowest BCUT2D eigenvalue weighted by atomic mass is 9.97. The smallest absolute Gasteiger partial charge is 0.244 e. The number of nitrogens with one attached hydrogen (secondary N) is 1. The number of hydrogen-bond acceptors (Lipinski definition) is 5. The van der Waals surface area contributed by atoms with E-state index in [0.717, 1.165) is 31.6 Å². The van der Waals surface area contributed by atoms with Crippen LogP contribution in [0.3, 0.4) is 0 Å². The van der Waals surface area contributed by atoms with Gasteiger partial charge in [0.25, 0.3) is 0 Å². The summed E-state index contributed by atoms with van der Waals surface area (Å²) < 4.78 is 27.5. The Kier molecular flexibility index (Phi) is 7.23. The van der Waals surface area contributed by atoms with Crippen molar-refractivity contribution in [1.82, 2.24) is 4.31 Å². The summed E-state index contributed by atoms with van der Waals surface area (Å²) >= 11 is 6.21. The Morgan fingerprint density at radius 1 is 1.03 bits per heavy atom. The van der Waals surface area contributed by atoms with Crippen LogP contribution in [-0.4, -0.2) is 44.8 Å². The van der Waals surface area contributed by atoms with Gasteiger partial charge in [-0.2, -0.15) is 9.57 Å². The van der Waals surface area contributed by atoms with Crippen molar-refractivity contribution in [3.05, 3.63) is 53.1 Å². The first-order chi connectivity index (χ1) is 15.9. The summed E-state index contributed by atoms with van der Waals surface area (Å²) in [6, 6.07) is 13.7. The number of rotatable bonds is 5. The van der Waals surface area contributed by atoms with Gasteiger partial charge in [-0.25, -0.2) is 8.42 Å². The molecule has 2 fully saturated rings. The largest absolute Gasteiger partial charge is 0.370 e. The van der Waals surface area contributed by atoms with Crippen LogP contribution in [0.1, 0.15) is 37.7 Å². The lowest BCUT2D eigenvalue weighted by Gasteiger charge is -2.32. The minimum Gasteiger partial charge on any atom is -0.370 e. The maximum Gasteiger partial charge on any atom is 0.244 e. The van der Waals surface area contributed by atoms with E-state index in [1.807, 2.05) is 18.2 Å². The summed E-state index contributed by atoms with van der Waals surface area (Å²) in [4.78, 5) is 15.3. The minimum atomic E-state index is -3.78. The number of carbonyl (C=O) groups is 1. The van der Waals surface area contributed by atoms with Crippen LogP contribution in [0.25, 0.3) is 0 Å². The predicted octanol–water partition coefficient (Wildman–Crippen LogP) is 4.24. The molecular formula is C24H27ClN4O3S. The molecule has 4 rings (SSSR count). The highest BCUT2D eigenvalue weighted by Gasteiger charge is 2.33. The van der Waals surface area contributed by atoms with Gasteiger partial charge in [0.15, 0.2) is 0 Å². The molecular weight excluding hydrogens is 460 g/mol. The van der Waals surface area contributed by atoms with E-state index in [-0.39, 0.29) is 35.4 Å². The highest BCUT2D eigenvalue weighted by Crippen LogP contribution is 2.33. The molecule has 2 aliphatic rings. The van der Waals surface area contributed by atoms with Gasteiger partial charge in [0.1, 0.15) is 6.07 Å². The molecule has 0 aromatic heterocycles. The zero-order valence-electron chi connectivity index (χ0n) is 18.3. The Morgan fingerprint density at radius 3 is 2.42 bits per heavy atom. The Labute approximate surface area is 200 Å². The second kappa shape index (κ2) is 10.1. The molecule has 0 atom stereocenters. The zero-order valence-corrected chi connectivity index (χ0v) is 19.9. The van der Waals surface area contributed by atoms with Crippen molar-refractivity contribution in [1.29, 1.82) is 5.26 Å². The molecule has 1 amide bonds. The van der Waals surface area contributed by atoms with Gasteiger partial charge in [-0.1, -0.05) is 23.7 Å². The van der Waals surface area contributed by atoms with Crippen molar-refractivity contribution >= 4 is 38.9 Å². The van der Waals surface area contributed by atoms with Gasteiger partial charge in [-0.3, -0.25) is 4.79 Å². The summed E-state index contributed by atoms with van der Waals surface area (Å²) in [6.07, 6.45) is 4.29. The van der Waals surface area contributed by atoms with E-state index in [1.165, 1.54) is 22.9 Å². The monoisotopic (exact) mass is 486 g/mol. The topological polar surface area (TPSA) is 93.5 Å². The predicted molar refractivity (Wildman–Crippen MR) is 129 cm³/mol. The van der Waals surface area contributed by atoms with Gasteiger partial charge in [0, 0.05) is 37.1 Å². The summed E-state index contributed by atoms with van der Waals surface area (Å²) in [7, 11) is -3.78. The quantitative estimate of drug-likeness (QED) is 0.682. The van der Waals surface area contributed by atoms with E-state index in [9.17, 15) is 18.5 Å². The first-order valence-corrected chi connectivity index (χ1v) is 13.1. The third-order valence-electron chi connectivity index (χ3n) is 6.36. The second-order valence-corrected chi connectivity index (χ2v) is 10.8. The highest BCUT2D eigenvalue weighted by atomic mass is 35.5. The summed E-state index contributed by atoms with van der Waals surface area (Å²) in [5.41, 5.74) is 1.80. The fraction of sp³-hybridized carbons (Fsp3) is 0.417. The maximum atomic E-state index is 13.1. The number of amides is 1. The summed E-state index contributed by atoms with van der Waals surface area (Å²) in [5.74, 6) is -0.416. The van der Waals surface area contributed by atoms with Gasteiger partial charge in [-0.05, 0) is 62.4 Å². The Morgan fingerprint density at radius 2 is 1.73 bits per heavy atom. The number of nitrogens with zero attached hydrogens (tertiary/aromatic N) is 3. The van der Waals surface area contributed by atoms with Crippen molar-refractivity contribution < 1.29 is 13.2 Å². The molecule has 2 saturated heterocycles. The normalized spacial score (nSPS) is 18.0. The molecule has 0 spiro atoms. The van der Waals surface area contributed by atoms with Crippen LogP contribution < -0.4 is 10.2 Å². The molecule has 0 aliphatic carbocycles. The van der Waals surface area contributed by atoms with Crippen LogP contribution in [0.2, 0.25) is 5.02 Å². The van der Waals surface area contributed by atoms with Gasteiger partial charge >= 0.3 is 0 Å². The van der Waals surface area contributed by atoms with E-state index in [0.29, 0.717) is 23.6 Å². The Balaban J connectivity index is 1.43. The zero-order chi connectivity index (χ0) is 23.4. The Bertz CT molecular complexity index is 1160. The molecule has 7 nitrogen and oxygen atoms in total. The number of nitriles is 1. The van der Waals surface area contributed by atoms with Gasteiger partial charge in [0.05, 0.1) is 21.8 Å². The van der Waals surface area contributed by atoms with Crippen molar-refractivity contribution in [3.8, 4) is 6.07 Å². The Hall–Kier alpha value is -2.60. The standard InChI is InChI=1S/C24H27ClN4O3S/c25-20-8-9-22(28-12-4-1-5-13-28)21(16-20)27-24(30)18-10-14-29(15-11-18)33(31,32)23-7-3-2-6-19(23)17-26/h2-3,6-9,16,18H,1,4-5,10-15H2,(H,27,30). The van der Waals surface area contributed by atoms with E-state index >= 15 is 0 Å². The van der Waals surface area contributed by atoms with Crippen LogP contribution in [0.5, 0.6) is 0 Å². The van der Waals surface area contributed by atoms with Crippen LogP contribution in [0.4, 0.5) is 11.4 Å². The maximum absolute atomic E-state index is 13.1. The molecule has 33 heavy (non-hydrogen) atoms. The minimum absolute atomic E-state index is 0.0144. The lowest BCUT2D eigenvalue weighted by Crippen LogP contribution is -2.41. The molecule has 0 bridgehead atoms. The van der Waals surface area contributed by atoms with Crippen LogP contribution in [0.15, 0.2) is 47.4 Å². The van der Waals surface area contributed by atoms with E-state index in [1.54, 1.807) is 18.2 Å². The van der Waals surface area contributed by atoms with Crippen LogP contribution in [-0.2, 0) is 14.8 Å². The summed E-state index contributed by atoms with van der Waals surface area (Å²) in [5, 5.41) is 12.9. The van der Waals surface area contributed by atoms with E-state index < -0.39 is 10.0 Å². The molecule has 2 heterocycles. The molecule has 2 aromatic carbocycles. The van der Waals surface area contributed by atoms with E-state index in [4.69, 9.17) is 11.6 Å². The molecule has 0 saturated carbocycles. The van der Waals surface area contributed by atoms with Gasteiger partial charge < -0.3 is 10.2 Å². The van der Waals surface area contributed by atoms with Crippen molar-refractivity contribution in [2.75, 3.05) is 36.4 Å². The molecule has 9 heteroatoms. The van der Waals surface area contributed by atoms with Crippen molar-refractivity contribution in [3.63, 3.8) is 0 Å². The highest BCUT2D eigenvalue weighted by molar-refractivity contribution is 7.89. The number of hydrogen-bond donors (Lipinski definition) is 1. The van der Waals surface area contributed by atoms with Gasteiger partial charge in [0.2, 0.25) is 15.9 Å². The van der Waals surface area contributed by atoms with E-state index in [2.05, 4.69) is 10.2 Å². The van der Waals surface area contributed by atoms with Crippen molar-refractivity contribution in [2.45, 2.75) is 37.0 Å². The molecule has 2 aromatic rings. The number of sulfonamides is 1. The average Bonchev–Trinajstić information content (AvgIpc) is 2.84. The number of benzene rings is 2. The molecule has 1 N–H and O–H groups in total. The first-order valence-electron chi connectivity index (χ1n) is 11.2. The third-order valence-corrected chi connectivity index (χ3v) is 8.56. The van der Waals surface area contributed by atoms with Gasteiger partial charge in [-0.15, -0.1) is 0 Å². The molecule has 2 aliphatic heterocycles. The number of halogens is 1. The number of carbonyl (C=O) groups excluding carboxylic acids is 1. The fourth-order valence-electron chi connectivity index (χ4n) is 4.54. The lowest BCUT2D eigenvalue weighted by molar-refractivity contribution is -0.120. The van der Waals surface area contributed by atoms with Crippen LogP contribution >= 0.6 is 11.6 Å². The third kappa shape index (κ3) is 5.16. The summed E-state index contributed by atoms with van der Waals surface area (Å²) in [6.45, 7) is 2.36. The van der Waals surface area contributed by atoms with Crippen molar-refractivity contribution in [2.24, 2.45) is 5.92 Å².